The molecule has 2 unspecified atom stereocenters. The first-order valence-electron chi connectivity index (χ1n) is 18.9. The van der Waals surface area contributed by atoms with E-state index < -0.39 is 0 Å². The molecule has 0 amide bonds. The summed E-state index contributed by atoms with van der Waals surface area (Å²) < 4.78 is 14.2. The predicted octanol–water partition coefficient (Wildman–Crippen LogP) is 10.7. The van der Waals surface area contributed by atoms with Crippen LogP contribution in [0.3, 0.4) is 0 Å². The van der Waals surface area contributed by atoms with Crippen molar-refractivity contribution in [1.29, 1.82) is 5.26 Å². The summed E-state index contributed by atoms with van der Waals surface area (Å²) in [5, 5.41) is 15.0. The highest BCUT2D eigenvalue weighted by atomic mass is 32.1. The van der Waals surface area contributed by atoms with Gasteiger partial charge in [0.1, 0.15) is 33.2 Å². The number of nitriles is 1. The fourth-order valence-corrected chi connectivity index (χ4v) is 8.50. The van der Waals surface area contributed by atoms with Gasteiger partial charge in [-0.3, -0.25) is 0 Å². The van der Waals surface area contributed by atoms with Gasteiger partial charge in [0.2, 0.25) is 5.70 Å². The number of hydrogen-bond acceptors (Lipinski definition) is 7. The molecule has 0 fully saturated rings. The van der Waals surface area contributed by atoms with Crippen LogP contribution in [0, 0.1) is 29.7 Å². The molecule has 0 saturated heterocycles. The van der Waals surface area contributed by atoms with Gasteiger partial charge in [0.15, 0.2) is 0 Å². The zero-order valence-corrected chi connectivity index (χ0v) is 33.3. The quantitative estimate of drug-likeness (QED) is 0.120. The number of aromatic amines is 2. The van der Waals surface area contributed by atoms with E-state index in [1.807, 2.05) is 97.1 Å². The van der Waals surface area contributed by atoms with Crippen LogP contribution < -0.4 is 20.2 Å². The van der Waals surface area contributed by atoms with Gasteiger partial charge in [0, 0.05) is 10.8 Å². The fraction of sp³-hybridized carbons (Fsp3) is 0.217. The number of rotatable bonds is 12. The molecule has 0 aliphatic heterocycles. The second-order valence-electron chi connectivity index (χ2n) is 14.1. The third-order valence-electron chi connectivity index (χ3n) is 10.2. The number of aromatic nitrogens is 4. The first-order valence-corrected chi connectivity index (χ1v) is 20.5. The smallest absolute Gasteiger partial charge is 0.245 e. The molecule has 4 heterocycles. The van der Waals surface area contributed by atoms with Crippen molar-refractivity contribution in [3.63, 3.8) is 0 Å². The maximum absolute atomic E-state index is 11.0. The van der Waals surface area contributed by atoms with Gasteiger partial charge in [0.05, 0.1) is 62.3 Å². The van der Waals surface area contributed by atoms with Gasteiger partial charge in [-0.15, -0.1) is 22.7 Å². The summed E-state index contributed by atoms with van der Waals surface area (Å²) in [6, 6.07) is 34.4. The number of hydrogen-bond donors (Lipinski definition) is 2. The Balaban J connectivity index is 1.44. The third-order valence-corrected chi connectivity index (χ3v) is 12.3. The molecule has 0 saturated carbocycles. The average molecular weight is 773 g/mol. The summed E-state index contributed by atoms with van der Waals surface area (Å²) in [5.41, 5.74) is 5.79. The van der Waals surface area contributed by atoms with E-state index in [4.69, 9.17) is 26.0 Å². The molecule has 0 bridgehead atoms. The van der Waals surface area contributed by atoms with E-state index in [1.165, 1.54) is 22.7 Å². The van der Waals surface area contributed by atoms with Gasteiger partial charge < -0.3 is 19.4 Å². The average Bonchev–Trinajstić information content (AvgIpc) is 4.03. The summed E-state index contributed by atoms with van der Waals surface area (Å²) in [6.45, 7) is 18.5. The molecular weight excluding hydrogens is 733 g/mol. The Bertz CT molecular complexity index is 2640. The van der Waals surface area contributed by atoms with Crippen LogP contribution in [0.4, 0.5) is 0 Å². The van der Waals surface area contributed by atoms with Gasteiger partial charge in [-0.1, -0.05) is 64.8 Å². The SMILES string of the molecule is [C-]#[N+]C(c1nc2ccccc2s1)=c1[nH]c(-c2ccc(OCC(C)CC)cc2)c2c(=C(C#N)c3nc4ccccc4s3)[nH]c(-c3ccc(OCC(C)CC)cc3)c12. The Labute approximate surface area is 333 Å². The minimum atomic E-state index is 0.398. The number of nitrogens with zero attached hydrogens (tertiary/aromatic N) is 4. The van der Waals surface area contributed by atoms with Crippen LogP contribution in [0.15, 0.2) is 97.1 Å². The Morgan fingerprint density at radius 3 is 1.64 bits per heavy atom. The predicted molar refractivity (Wildman–Crippen MR) is 229 cm³/mol. The van der Waals surface area contributed by atoms with Crippen molar-refractivity contribution in [1.82, 2.24) is 19.9 Å². The normalized spacial score (nSPS) is 13.7. The lowest BCUT2D eigenvalue weighted by molar-refractivity contribution is 0.256. The zero-order valence-electron chi connectivity index (χ0n) is 31.6. The highest BCUT2D eigenvalue weighted by Gasteiger charge is 2.24. The van der Waals surface area contributed by atoms with Crippen LogP contribution >= 0.6 is 22.7 Å². The minimum Gasteiger partial charge on any atom is -0.493 e. The molecule has 56 heavy (non-hydrogen) atoms. The first kappa shape index (κ1) is 36.8. The Kier molecular flexibility index (Phi) is 10.4. The molecule has 10 heteroatoms. The highest BCUT2D eigenvalue weighted by Crippen LogP contribution is 2.35. The molecule has 0 aliphatic carbocycles. The molecule has 8 aromatic rings. The molecule has 8 nitrogen and oxygen atoms in total. The van der Waals surface area contributed by atoms with Crippen molar-refractivity contribution >= 4 is 65.1 Å². The number of nitrogens with one attached hydrogen (secondary N) is 2. The number of benzene rings is 4. The van der Waals surface area contributed by atoms with Crippen LogP contribution in [-0.2, 0) is 0 Å². The van der Waals surface area contributed by atoms with Crippen molar-refractivity contribution in [2.24, 2.45) is 11.8 Å². The molecule has 8 rings (SSSR count). The van der Waals surface area contributed by atoms with E-state index in [0.29, 0.717) is 57.0 Å². The number of H-pyrrole nitrogens is 2. The summed E-state index contributed by atoms with van der Waals surface area (Å²) in [4.78, 5) is 21.4. The summed E-state index contributed by atoms with van der Waals surface area (Å²) in [7, 11) is 0. The molecule has 2 N–H and O–H groups in total. The summed E-state index contributed by atoms with van der Waals surface area (Å²) >= 11 is 2.97. The number of thiazole rings is 2. The van der Waals surface area contributed by atoms with Crippen molar-refractivity contribution in [2.75, 3.05) is 13.2 Å². The van der Waals surface area contributed by atoms with Gasteiger partial charge in [-0.05, 0) is 95.8 Å². The maximum atomic E-state index is 11.0. The van der Waals surface area contributed by atoms with Crippen molar-refractivity contribution in [3.8, 4) is 40.1 Å². The van der Waals surface area contributed by atoms with E-state index in [9.17, 15) is 5.26 Å². The number of ether oxygens (including phenoxy) is 2. The number of para-hydroxylation sites is 2. The molecule has 0 spiro atoms. The molecule has 4 aromatic heterocycles. The Hall–Kier alpha value is -6.20. The van der Waals surface area contributed by atoms with Crippen LogP contribution in [-0.4, -0.2) is 33.1 Å². The van der Waals surface area contributed by atoms with Crippen LogP contribution in [0.2, 0.25) is 0 Å². The lowest BCUT2D eigenvalue weighted by Gasteiger charge is -2.11. The molecule has 2 atom stereocenters. The topological polar surface area (TPSA) is 104 Å². The maximum Gasteiger partial charge on any atom is 0.245 e. The fourth-order valence-electron chi connectivity index (χ4n) is 6.57. The van der Waals surface area contributed by atoms with E-state index in [-0.39, 0.29) is 0 Å². The second kappa shape index (κ2) is 15.9. The molecular formula is C46H40N6O2S2. The Morgan fingerprint density at radius 1 is 0.696 bits per heavy atom. The molecule has 278 valence electrons. The van der Waals surface area contributed by atoms with E-state index in [2.05, 4.69) is 48.6 Å². The second-order valence-corrected chi connectivity index (χ2v) is 16.2. The van der Waals surface area contributed by atoms with Gasteiger partial charge in [-0.2, -0.15) is 5.26 Å². The molecule has 0 aliphatic rings. The monoisotopic (exact) mass is 772 g/mol. The summed E-state index contributed by atoms with van der Waals surface area (Å²) in [6.07, 6.45) is 2.07. The van der Waals surface area contributed by atoms with Crippen LogP contribution in [0.1, 0.15) is 50.6 Å². The van der Waals surface area contributed by atoms with E-state index >= 15 is 0 Å². The third kappa shape index (κ3) is 7.06. The van der Waals surface area contributed by atoms with E-state index in [0.717, 1.165) is 78.1 Å². The number of fused-ring (bicyclic) bond motifs is 3. The minimum absolute atomic E-state index is 0.398. The van der Waals surface area contributed by atoms with Gasteiger partial charge in [-0.25, -0.2) is 14.8 Å². The van der Waals surface area contributed by atoms with Crippen molar-refractivity contribution in [2.45, 2.75) is 40.5 Å². The van der Waals surface area contributed by atoms with E-state index in [1.54, 1.807) is 0 Å². The standard InChI is InChI=1S/C46H40N6O2S2/c1-6-27(3)25-53-31-20-16-29(17-21-31)40-38-39(43(52-40)44(48-5)46-50-35-13-9-11-15-37(35)56-46)41(30-18-22-32(23-19-30)54-26-28(4)7-2)51-42(38)33(24-47)45-49-34-12-8-10-14-36(34)55-45/h8-23,27-28,51-52H,6-7,25-26H2,1-4H3. The Morgan fingerprint density at radius 2 is 1.16 bits per heavy atom. The molecule has 0 radical (unpaired) electrons. The molecule has 4 aromatic carbocycles. The van der Waals surface area contributed by atoms with Gasteiger partial charge >= 0.3 is 0 Å². The van der Waals surface area contributed by atoms with Crippen LogP contribution in [0.5, 0.6) is 11.5 Å². The zero-order chi connectivity index (χ0) is 38.8. The van der Waals surface area contributed by atoms with Crippen LogP contribution in [0.25, 0.3) is 69.8 Å². The lowest BCUT2D eigenvalue weighted by Crippen LogP contribution is -2.10. The largest absolute Gasteiger partial charge is 0.493 e. The van der Waals surface area contributed by atoms with Gasteiger partial charge in [0.25, 0.3) is 0 Å². The summed E-state index contributed by atoms with van der Waals surface area (Å²) in [5.74, 6) is 2.44. The highest BCUT2D eigenvalue weighted by molar-refractivity contribution is 7.20. The van der Waals surface area contributed by atoms with Crippen molar-refractivity contribution in [3.05, 3.63) is 129 Å². The van der Waals surface area contributed by atoms with Crippen molar-refractivity contribution < 1.29 is 9.47 Å². The first-order chi connectivity index (χ1) is 27.4. The lowest BCUT2D eigenvalue weighted by atomic mass is 10.0.